The lowest BCUT2D eigenvalue weighted by Gasteiger charge is -2.06. The van der Waals surface area contributed by atoms with Crippen LogP contribution in [0.5, 0.6) is 0 Å². The van der Waals surface area contributed by atoms with E-state index >= 15 is 0 Å². The van der Waals surface area contributed by atoms with Crippen LogP contribution >= 0.6 is 23.1 Å². The molecule has 3 aromatic heterocycles. The molecule has 2 N–H and O–H groups in total. The first-order valence-corrected chi connectivity index (χ1v) is 10.3. The van der Waals surface area contributed by atoms with Gasteiger partial charge in [0.25, 0.3) is 0 Å². The molecule has 0 aromatic carbocycles. The number of thiophene rings is 1. The normalized spacial score (nSPS) is 10.7. The number of amides is 1. The van der Waals surface area contributed by atoms with Crippen LogP contribution in [0.2, 0.25) is 0 Å². The maximum Gasteiger partial charge on any atom is 0.341 e. The van der Waals surface area contributed by atoms with Crippen LogP contribution in [0.1, 0.15) is 27.7 Å². The fraction of sp³-hybridized carbons (Fsp3) is 0.278. The number of hydrogen-bond donors (Lipinski definition) is 2. The monoisotopic (exact) mass is 417 g/mol. The fourth-order valence-corrected chi connectivity index (χ4v) is 4.07. The molecule has 0 bridgehead atoms. The van der Waals surface area contributed by atoms with Crippen LogP contribution < -0.4 is 5.32 Å². The highest BCUT2D eigenvalue weighted by Crippen LogP contribution is 2.33. The van der Waals surface area contributed by atoms with E-state index < -0.39 is 5.97 Å². The molecule has 28 heavy (non-hydrogen) atoms. The second-order valence-corrected chi connectivity index (χ2v) is 7.91. The summed E-state index contributed by atoms with van der Waals surface area (Å²) in [5, 5.41) is 10.7. The topological polar surface area (TPSA) is 110 Å². The molecule has 10 heteroatoms. The van der Waals surface area contributed by atoms with E-state index in [-0.39, 0.29) is 18.3 Å². The van der Waals surface area contributed by atoms with E-state index in [1.54, 1.807) is 19.3 Å². The first-order valence-electron chi connectivity index (χ1n) is 8.52. The second-order valence-electron chi connectivity index (χ2n) is 5.75. The Morgan fingerprint density at radius 1 is 1.29 bits per heavy atom. The molecule has 0 saturated heterocycles. The van der Waals surface area contributed by atoms with Crippen molar-refractivity contribution in [1.29, 1.82) is 0 Å². The first kappa shape index (κ1) is 20.0. The zero-order valence-electron chi connectivity index (χ0n) is 15.6. The molecular formula is C18H19N5O3S2. The van der Waals surface area contributed by atoms with Gasteiger partial charge in [-0.15, -0.1) is 16.4 Å². The van der Waals surface area contributed by atoms with Gasteiger partial charge in [-0.25, -0.2) is 9.78 Å². The number of carbonyl (C=O) groups excluding carboxylic acids is 2. The van der Waals surface area contributed by atoms with Crippen molar-refractivity contribution in [2.24, 2.45) is 0 Å². The van der Waals surface area contributed by atoms with Crippen LogP contribution in [0.15, 0.2) is 29.7 Å². The van der Waals surface area contributed by atoms with Crippen molar-refractivity contribution in [2.75, 3.05) is 17.7 Å². The fourth-order valence-electron chi connectivity index (χ4n) is 2.41. The summed E-state index contributed by atoms with van der Waals surface area (Å²) in [6.07, 6.45) is 3.34. The molecule has 1 amide bonds. The lowest BCUT2D eigenvalue weighted by atomic mass is 10.1. The number of hydrogen-bond acceptors (Lipinski definition) is 8. The summed E-state index contributed by atoms with van der Waals surface area (Å²) in [6, 6.07) is 3.64. The van der Waals surface area contributed by atoms with E-state index in [1.807, 2.05) is 26.0 Å². The second kappa shape index (κ2) is 8.98. The smallest absolute Gasteiger partial charge is 0.341 e. The Kier molecular flexibility index (Phi) is 6.42. The summed E-state index contributed by atoms with van der Waals surface area (Å²) in [7, 11) is 0. The molecule has 0 atom stereocenters. The molecule has 0 radical (unpaired) electrons. The van der Waals surface area contributed by atoms with Crippen LogP contribution in [0.3, 0.4) is 0 Å². The summed E-state index contributed by atoms with van der Waals surface area (Å²) in [4.78, 5) is 33.9. The minimum atomic E-state index is -0.428. The summed E-state index contributed by atoms with van der Waals surface area (Å²) in [5.74, 6) is 0.0565. The highest BCUT2D eigenvalue weighted by molar-refractivity contribution is 7.99. The first-order chi connectivity index (χ1) is 13.5. The van der Waals surface area contributed by atoms with E-state index in [2.05, 4.69) is 25.5 Å². The van der Waals surface area contributed by atoms with Crippen molar-refractivity contribution in [2.45, 2.75) is 25.9 Å². The summed E-state index contributed by atoms with van der Waals surface area (Å²) in [6.45, 7) is 5.78. The van der Waals surface area contributed by atoms with Gasteiger partial charge in [-0.3, -0.25) is 14.9 Å². The van der Waals surface area contributed by atoms with Gasteiger partial charge in [0.05, 0.1) is 17.9 Å². The zero-order chi connectivity index (χ0) is 20.1. The Hall–Kier alpha value is -2.72. The number of carbonyl (C=O) groups is 2. The summed E-state index contributed by atoms with van der Waals surface area (Å²) in [5.41, 5.74) is 2.10. The van der Waals surface area contributed by atoms with Crippen molar-refractivity contribution in [1.82, 2.24) is 20.2 Å². The lowest BCUT2D eigenvalue weighted by Crippen LogP contribution is -2.16. The number of nitrogens with zero attached hydrogens (tertiary/aromatic N) is 3. The maximum atomic E-state index is 12.4. The molecule has 3 rings (SSSR count). The van der Waals surface area contributed by atoms with Crippen LogP contribution in [0.25, 0.3) is 11.4 Å². The molecule has 0 unspecified atom stereocenters. The van der Waals surface area contributed by atoms with Crippen LogP contribution in [-0.4, -0.2) is 44.4 Å². The molecule has 0 aliphatic carbocycles. The Morgan fingerprint density at radius 3 is 2.75 bits per heavy atom. The van der Waals surface area contributed by atoms with Crippen molar-refractivity contribution in [3.05, 3.63) is 40.5 Å². The van der Waals surface area contributed by atoms with Crippen molar-refractivity contribution < 1.29 is 14.3 Å². The molecule has 0 saturated carbocycles. The van der Waals surface area contributed by atoms with E-state index in [0.29, 0.717) is 21.5 Å². The van der Waals surface area contributed by atoms with Gasteiger partial charge in [0, 0.05) is 22.8 Å². The molecule has 3 heterocycles. The van der Waals surface area contributed by atoms with E-state index in [4.69, 9.17) is 4.74 Å². The number of esters is 1. The number of aromatic amines is 1. The largest absolute Gasteiger partial charge is 0.462 e. The average molecular weight is 418 g/mol. The molecule has 0 aliphatic heterocycles. The number of nitrogens with one attached hydrogen (secondary N) is 2. The Bertz CT molecular complexity index is 985. The van der Waals surface area contributed by atoms with Crippen molar-refractivity contribution >= 4 is 40.0 Å². The third-order valence-corrected chi connectivity index (χ3v) is 5.84. The SMILES string of the molecule is CCOC(=O)c1c(NC(=O)CSc2n[nH]c(-c3ccncc3)n2)sc(C)c1C. The number of thioether (sulfide) groups is 1. The average Bonchev–Trinajstić information content (AvgIpc) is 3.26. The molecule has 8 nitrogen and oxygen atoms in total. The number of rotatable bonds is 7. The molecular weight excluding hydrogens is 398 g/mol. The van der Waals surface area contributed by atoms with Crippen molar-refractivity contribution in [3.63, 3.8) is 0 Å². The van der Waals surface area contributed by atoms with Gasteiger partial charge >= 0.3 is 5.97 Å². The van der Waals surface area contributed by atoms with Gasteiger partial charge in [-0.1, -0.05) is 11.8 Å². The maximum absolute atomic E-state index is 12.4. The predicted octanol–water partition coefficient (Wildman–Crippen LogP) is 3.45. The lowest BCUT2D eigenvalue weighted by molar-refractivity contribution is -0.113. The summed E-state index contributed by atoms with van der Waals surface area (Å²) < 4.78 is 5.10. The molecule has 0 fully saturated rings. The third kappa shape index (κ3) is 4.57. The standard InChI is InChI=1S/C18H19N5O3S2/c1-4-26-17(25)14-10(2)11(3)28-16(14)20-13(24)9-27-18-21-15(22-23-18)12-5-7-19-8-6-12/h5-8H,4,9H2,1-3H3,(H,20,24)(H,21,22,23). The number of aryl methyl sites for hydroxylation is 1. The predicted molar refractivity (Wildman–Crippen MR) is 109 cm³/mol. The minimum absolute atomic E-state index is 0.117. The van der Waals surface area contributed by atoms with Crippen LogP contribution in [0, 0.1) is 13.8 Å². The van der Waals surface area contributed by atoms with Crippen LogP contribution in [-0.2, 0) is 9.53 Å². The Labute approximate surface area is 170 Å². The van der Waals surface area contributed by atoms with Gasteiger partial charge in [0.1, 0.15) is 5.00 Å². The van der Waals surface area contributed by atoms with E-state index in [1.165, 1.54) is 23.1 Å². The molecule has 0 aliphatic rings. The quantitative estimate of drug-likeness (QED) is 0.447. The van der Waals surface area contributed by atoms with Gasteiger partial charge in [0.2, 0.25) is 11.1 Å². The third-order valence-electron chi connectivity index (χ3n) is 3.87. The number of H-pyrrole nitrogens is 1. The molecule has 146 valence electrons. The van der Waals surface area contributed by atoms with Gasteiger partial charge in [0.15, 0.2) is 5.82 Å². The van der Waals surface area contributed by atoms with Crippen LogP contribution in [0.4, 0.5) is 5.00 Å². The number of anilines is 1. The zero-order valence-corrected chi connectivity index (χ0v) is 17.2. The van der Waals surface area contributed by atoms with E-state index in [9.17, 15) is 9.59 Å². The Balaban J connectivity index is 1.63. The highest BCUT2D eigenvalue weighted by atomic mass is 32.2. The van der Waals surface area contributed by atoms with Gasteiger partial charge in [-0.05, 0) is 38.5 Å². The molecule has 3 aromatic rings. The van der Waals surface area contributed by atoms with Gasteiger partial charge < -0.3 is 10.1 Å². The minimum Gasteiger partial charge on any atom is -0.462 e. The molecule has 0 spiro atoms. The Morgan fingerprint density at radius 2 is 2.04 bits per heavy atom. The van der Waals surface area contributed by atoms with Gasteiger partial charge in [-0.2, -0.15) is 0 Å². The summed E-state index contributed by atoms with van der Waals surface area (Å²) >= 11 is 2.57. The van der Waals surface area contributed by atoms with Crippen molar-refractivity contribution in [3.8, 4) is 11.4 Å². The van der Waals surface area contributed by atoms with E-state index in [0.717, 1.165) is 16.0 Å². The number of pyridine rings is 1. The highest BCUT2D eigenvalue weighted by Gasteiger charge is 2.22. The number of aromatic nitrogens is 4. The number of ether oxygens (including phenoxy) is 1.